The fourth-order valence-electron chi connectivity index (χ4n) is 2.91. The van der Waals surface area contributed by atoms with Crippen LogP contribution >= 0.6 is 35.3 Å². The van der Waals surface area contributed by atoms with E-state index in [1.165, 1.54) is 35.6 Å². The summed E-state index contributed by atoms with van der Waals surface area (Å²) < 4.78 is 0. The minimum atomic E-state index is 0. The Bertz CT molecular complexity index is 475. The Morgan fingerprint density at radius 2 is 2.09 bits per heavy atom. The lowest BCUT2D eigenvalue weighted by atomic mass is 10.0. The molecule has 4 nitrogen and oxygen atoms in total. The van der Waals surface area contributed by atoms with Crippen LogP contribution in [0, 0.1) is 0 Å². The Morgan fingerprint density at radius 1 is 1.30 bits per heavy atom. The van der Waals surface area contributed by atoms with Crippen LogP contribution in [0.5, 0.6) is 0 Å². The van der Waals surface area contributed by atoms with Crippen molar-refractivity contribution in [3.63, 3.8) is 0 Å². The molecule has 132 valence electrons. The van der Waals surface area contributed by atoms with Gasteiger partial charge in [-0.15, -0.1) is 35.3 Å². The Hall–Kier alpha value is -0.340. The van der Waals surface area contributed by atoms with E-state index in [2.05, 4.69) is 46.5 Å². The maximum atomic E-state index is 4.31. The molecule has 1 fully saturated rings. The lowest BCUT2D eigenvalue weighted by molar-refractivity contribution is 0.163. The summed E-state index contributed by atoms with van der Waals surface area (Å²) in [5, 5.41) is 6.83. The summed E-state index contributed by atoms with van der Waals surface area (Å²) in [7, 11) is 1.84. The lowest BCUT2D eigenvalue weighted by Gasteiger charge is -2.33. The molecule has 1 saturated heterocycles. The number of thiophene rings is 1. The lowest BCUT2D eigenvalue weighted by Crippen LogP contribution is -2.45. The van der Waals surface area contributed by atoms with Crippen LogP contribution in [0.4, 0.5) is 0 Å². The predicted octanol–water partition coefficient (Wildman–Crippen LogP) is 3.47. The summed E-state index contributed by atoms with van der Waals surface area (Å²) in [5.74, 6) is 0.899. The van der Waals surface area contributed by atoms with Gasteiger partial charge in [-0.1, -0.05) is 13.3 Å². The summed E-state index contributed by atoms with van der Waals surface area (Å²) in [4.78, 5) is 9.70. The zero-order valence-electron chi connectivity index (χ0n) is 14.6. The van der Waals surface area contributed by atoms with Crippen LogP contribution in [0.3, 0.4) is 0 Å². The highest BCUT2D eigenvalue weighted by atomic mass is 127. The maximum absolute atomic E-state index is 4.31. The first-order chi connectivity index (χ1) is 10.7. The Morgan fingerprint density at radius 3 is 2.74 bits per heavy atom. The molecule has 1 aromatic heterocycles. The maximum Gasteiger partial charge on any atom is 0.191 e. The van der Waals surface area contributed by atoms with Gasteiger partial charge >= 0.3 is 0 Å². The molecule has 2 heterocycles. The summed E-state index contributed by atoms with van der Waals surface area (Å²) in [6.07, 6.45) is 5.18. The van der Waals surface area contributed by atoms with Crippen molar-refractivity contribution in [2.45, 2.75) is 52.1 Å². The normalized spacial score (nSPS) is 19.3. The number of aryl methyl sites for hydroxylation is 1. The van der Waals surface area contributed by atoms with Gasteiger partial charge < -0.3 is 10.6 Å². The number of aliphatic imine (C=N–C) groups is 1. The molecule has 23 heavy (non-hydrogen) atoms. The highest BCUT2D eigenvalue weighted by Crippen LogP contribution is 2.16. The molecule has 0 amide bonds. The number of nitrogens with one attached hydrogen (secondary N) is 2. The molecule has 0 radical (unpaired) electrons. The van der Waals surface area contributed by atoms with Gasteiger partial charge in [0, 0.05) is 35.9 Å². The van der Waals surface area contributed by atoms with Crippen LogP contribution in [-0.4, -0.2) is 43.6 Å². The molecule has 6 heteroatoms. The largest absolute Gasteiger partial charge is 0.355 e. The van der Waals surface area contributed by atoms with E-state index >= 15 is 0 Å². The standard InChI is InChI=1S/C17H30N4S.HI/c1-4-15-8-9-16(22-15)13-20-17(18-3)19-10-12-21-11-6-5-7-14(21)2;/h8-9,14H,4-7,10-13H2,1-3H3,(H2,18,19,20);1H. The number of nitrogens with zero attached hydrogens (tertiary/aromatic N) is 2. The van der Waals surface area contributed by atoms with Crippen LogP contribution in [0.15, 0.2) is 17.1 Å². The van der Waals surface area contributed by atoms with Gasteiger partial charge in [-0.25, -0.2) is 0 Å². The second-order valence-corrected chi connectivity index (χ2v) is 7.21. The second-order valence-electron chi connectivity index (χ2n) is 5.95. The van der Waals surface area contributed by atoms with Crippen molar-refractivity contribution in [1.29, 1.82) is 0 Å². The molecule has 1 aromatic rings. The fraction of sp³-hybridized carbons (Fsp3) is 0.706. The first-order valence-corrected chi connectivity index (χ1v) is 9.30. The first-order valence-electron chi connectivity index (χ1n) is 8.49. The van der Waals surface area contributed by atoms with Crippen molar-refractivity contribution in [3.8, 4) is 0 Å². The van der Waals surface area contributed by atoms with Crippen LogP contribution in [-0.2, 0) is 13.0 Å². The SMILES string of the molecule is CCc1ccc(CNC(=NC)NCCN2CCCCC2C)s1.I. The zero-order chi connectivity index (χ0) is 15.8. The molecule has 0 aliphatic carbocycles. The Kier molecular flexibility index (Phi) is 10.1. The number of halogens is 1. The van der Waals surface area contributed by atoms with Crippen LogP contribution in [0.1, 0.15) is 42.9 Å². The first kappa shape index (κ1) is 20.7. The van der Waals surface area contributed by atoms with Gasteiger partial charge in [0.1, 0.15) is 0 Å². The highest BCUT2D eigenvalue weighted by molar-refractivity contribution is 14.0. The van der Waals surface area contributed by atoms with Crippen molar-refractivity contribution in [2.75, 3.05) is 26.7 Å². The topological polar surface area (TPSA) is 39.7 Å². The molecule has 2 N–H and O–H groups in total. The minimum Gasteiger partial charge on any atom is -0.355 e. The van der Waals surface area contributed by atoms with Crippen molar-refractivity contribution in [1.82, 2.24) is 15.5 Å². The monoisotopic (exact) mass is 450 g/mol. The van der Waals surface area contributed by atoms with Crippen LogP contribution < -0.4 is 10.6 Å². The Balaban J connectivity index is 0.00000264. The van der Waals surface area contributed by atoms with E-state index in [-0.39, 0.29) is 24.0 Å². The number of guanidine groups is 1. The van der Waals surface area contributed by atoms with Gasteiger partial charge in [-0.05, 0) is 44.9 Å². The van der Waals surface area contributed by atoms with Crippen molar-refractivity contribution >= 4 is 41.3 Å². The van der Waals surface area contributed by atoms with E-state index in [1.54, 1.807) is 0 Å². The molecular weight excluding hydrogens is 419 g/mol. The van der Waals surface area contributed by atoms with Crippen molar-refractivity contribution in [2.24, 2.45) is 4.99 Å². The van der Waals surface area contributed by atoms with Gasteiger partial charge in [-0.3, -0.25) is 9.89 Å². The van der Waals surface area contributed by atoms with E-state index in [0.29, 0.717) is 0 Å². The van der Waals surface area contributed by atoms with E-state index in [1.807, 2.05) is 18.4 Å². The molecular formula is C17H31IN4S. The zero-order valence-corrected chi connectivity index (χ0v) is 17.7. The van der Waals surface area contributed by atoms with E-state index in [4.69, 9.17) is 0 Å². The molecule has 1 aliphatic rings. The van der Waals surface area contributed by atoms with E-state index in [0.717, 1.165) is 38.1 Å². The van der Waals surface area contributed by atoms with E-state index < -0.39 is 0 Å². The summed E-state index contributed by atoms with van der Waals surface area (Å²) in [6, 6.07) is 5.15. The molecule has 1 aliphatic heterocycles. The summed E-state index contributed by atoms with van der Waals surface area (Å²) in [6.45, 7) is 8.68. The smallest absolute Gasteiger partial charge is 0.191 e. The van der Waals surface area contributed by atoms with Gasteiger partial charge in [0.05, 0.1) is 6.54 Å². The molecule has 0 spiro atoms. The molecule has 0 saturated carbocycles. The molecule has 1 atom stereocenters. The third kappa shape index (κ3) is 6.97. The molecule has 2 rings (SSSR count). The van der Waals surface area contributed by atoms with Gasteiger partial charge in [0.2, 0.25) is 0 Å². The van der Waals surface area contributed by atoms with Gasteiger partial charge in [0.15, 0.2) is 5.96 Å². The second kappa shape index (κ2) is 11.3. The number of piperidine rings is 1. The highest BCUT2D eigenvalue weighted by Gasteiger charge is 2.17. The molecule has 1 unspecified atom stereocenters. The summed E-state index contributed by atoms with van der Waals surface area (Å²) in [5.41, 5.74) is 0. The van der Waals surface area contributed by atoms with E-state index in [9.17, 15) is 0 Å². The van der Waals surface area contributed by atoms with Gasteiger partial charge in [0.25, 0.3) is 0 Å². The minimum absolute atomic E-state index is 0. The molecule has 0 bridgehead atoms. The van der Waals surface area contributed by atoms with Crippen LogP contribution in [0.2, 0.25) is 0 Å². The predicted molar refractivity (Wildman–Crippen MR) is 112 cm³/mol. The number of hydrogen-bond donors (Lipinski definition) is 2. The third-order valence-corrected chi connectivity index (χ3v) is 5.58. The number of rotatable bonds is 6. The molecule has 0 aromatic carbocycles. The third-order valence-electron chi connectivity index (χ3n) is 4.35. The van der Waals surface area contributed by atoms with Crippen molar-refractivity contribution < 1.29 is 0 Å². The average molecular weight is 450 g/mol. The Labute approximate surface area is 162 Å². The number of likely N-dealkylation sites (tertiary alicyclic amines) is 1. The fourth-order valence-corrected chi connectivity index (χ4v) is 3.80. The van der Waals surface area contributed by atoms with Gasteiger partial charge in [-0.2, -0.15) is 0 Å². The van der Waals surface area contributed by atoms with Crippen LogP contribution in [0.25, 0.3) is 0 Å². The quantitative estimate of drug-likeness (QED) is 0.396. The van der Waals surface area contributed by atoms with Crippen molar-refractivity contribution in [3.05, 3.63) is 21.9 Å². The number of hydrogen-bond acceptors (Lipinski definition) is 3. The summed E-state index contributed by atoms with van der Waals surface area (Å²) >= 11 is 1.88. The average Bonchev–Trinajstić information content (AvgIpc) is 3.00.